The third-order valence-corrected chi connectivity index (χ3v) is 2.86. The lowest BCUT2D eigenvalue weighted by atomic mass is 10.2. The van der Waals surface area contributed by atoms with Crippen molar-refractivity contribution in [2.24, 2.45) is 5.73 Å². The molecule has 2 aromatic heterocycles. The summed E-state index contributed by atoms with van der Waals surface area (Å²) in [5.41, 5.74) is 7.03. The molecule has 6 nitrogen and oxygen atoms in total. The van der Waals surface area contributed by atoms with Crippen LogP contribution in [0.15, 0.2) is 12.7 Å². The first kappa shape index (κ1) is 11.7. The van der Waals surface area contributed by atoms with E-state index in [1.807, 2.05) is 18.9 Å². The van der Waals surface area contributed by atoms with Gasteiger partial charge in [-0.05, 0) is 6.92 Å². The van der Waals surface area contributed by atoms with Gasteiger partial charge in [0.2, 0.25) is 0 Å². The van der Waals surface area contributed by atoms with Gasteiger partial charge in [-0.1, -0.05) is 12.2 Å². The summed E-state index contributed by atoms with van der Waals surface area (Å²) in [5, 5.41) is 0. The minimum Gasteiger partial charge on any atom is -0.393 e. The molecule has 2 rings (SSSR count). The topological polar surface area (TPSA) is 83.7 Å². The van der Waals surface area contributed by atoms with Gasteiger partial charge in [0.05, 0.1) is 11.3 Å². The predicted molar refractivity (Wildman–Crippen MR) is 71.0 cm³/mol. The van der Waals surface area contributed by atoms with Crippen molar-refractivity contribution >= 4 is 34.2 Å². The zero-order valence-corrected chi connectivity index (χ0v) is 10.5. The molecule has 2 aromatic rings. The Kier molecular flexibility index (Phi) is 3.19. The SMILES string of the molecule is CC(CC(N)=S)N(C)c1ncnc2nc[nH]c12. The summed E-state index contributed by atoms with van der Waals surface area (Å²) in [6.45, 7) is 2.05. The number of fused-ring (bicyclic) bond motifs is 1. The standard InChI is InChI=1S/C10H14N6S/c1-6(3-7(11)17)16(2)10-8-9(13-4-12-8)14-5-15-10/h4-6H,3H2,1-2H3,(H2,11,17)(H,12,13,14,15). The fraction of sp³-hybridized carbons (Fsp3) is 0.400. The van der Waals surface area contributed by atoms with Gasteiger partial charge in [0.1, 0.15) is 11.8 Å². The average Bonchev–Trinajstić information content (AvgIpc) is 2.74. The summed E-state index contributed by atoms with van der Waals surface area (Å²) < 4.78 is 0. The first-order valence-electron chi connectivity index (χ1n) is 5.25. The molecule has 0 aliphatic carbocycles. The Morgan fingerprint density at radius 3 is 3.00 bits per heavy atom. The summed E-state index contributed by atoms with van der Waals surface area (Å²) in [6.07, 6.45) is 3.75. The zero-order valence-electron chi connectivity index (χ0n) is 9.71. The van der Waals surface area contributed by atoms with Crippen molar-refractivity contribution < 1.29 is 0 Å². The molecule has 0 amide bonds. The summed E-state index contributed by atoms with van der Waals surface area (Å²) in [5.74, 6) is 0.802. The average molecular weight is 250 g/mol. The van der Waals surface area contributed by atoms with Crippen LogP contribution in [-0.2, 0) is 0 Å². The number of imidazole rings is 1. The summed E-state index contributed by atoms with van der Waals surface area (Å²) in [7, 11) is 1.95. The van der Waals surface area contributed by atoms with Gasteiger partial charge in [-0.25, -0.2) is 15.0 Å². The molecule has 0 aromatic carbocycles. The Morgan fingerprint density at radius 1 is 1.53 bits per heavy atom. The quantitative estimate of drug-likeness (QED) is 0.783. The zero-order chi connectivity index (χ0) is 12.4. The second-order valence-corrected chi connectivity index (χ2v) is 4.45. The van der Waals surface area contributed by atoms with Gasteiger partial charge < -0.3 is 15.6 Å². The molecule has 3 N–H and O–H groups in total. The van der Waals surface area contributed by atoms with Crippen LogP contribution in [-0.4, -0.2) is 38.0 Å². The summed E-state index contributed by atoms with van der Waals surface area (Å²) in [6, 6.07) is 0.175. The number of nitrogens with zero attached hydrogens (tertiary/aromatic N) is 4. The molecule has 2 heterocycles. The van der Waals surface area contributed by atoms with E-state index in [2.05, 4.69) is 19.9 Å². The minimum atomic E-state index is 0.175. The number of nitrogens with one attached hydrogen (secondary N) is 1. The number of hydrogen-bond acceptors (Lipinski definition) is 5. The van der Waals surface area contributed by atoms with Gasteiger partial charge in [-0.2, -0.15) is 0 Å². The Morgan fingerprint density at radius 2 is 2.29 bits per heavy atom. The third kappa shape index (κ3) is 2.33. The fourth-order valence-electron chi connectivity index (χ4n) is 1.66. The van der Waals surface area contributed by atoms with Gasteiger partial charge in [-0.3, -0.25) is 0 Å². The van der Waals surface area contributed by atoms with Crippen LogP contribution in [0.3, 0.4) is 0 Å². The lowest BCUT2D eigenvalue weighted by molar-refractivity contribution is 0.706. The van der Waals surface area contributed by atoms with E-state index in [1.54, 1.807) is 6.33 Å². The first-order valence-corrected chi connectivity index (χ1v) is 5.65. The Balaban J connectivity index is 2.32. The molecule has 90 valence electrons. The van der Waals surface area contributed by atoms with Crippen LogP contribution >= 0.6 is 12.2 Å². The number of anilines is 1. The predicted octanol–water partition coefficient (Wildman–Crippen LogP) is 0.854. The molecular formula is C10H14N6S. The maximum absolute atomic E-state index is 5.55. The fourth-order valence-corrected chi connectivity index (χ4v) is 1.90. The number of nitrogens with two attached hydrogens (primary N) is 1. The van der Waals surface area contributed by atoms with Crippen molar-refractivity contribution in [2.75, 3.05) is 11.9 Å². The van der Waals surface area contributed by atoms with Crippen LogP contribution in [0, 0.1) is 0 Å². The van der Waals surface area contributed by atoms with E-state index in [-0.39, 0.29) is 6.04 Å². The van der Waals surface area contributed by atoms with Gasteiger partial charge >= 0.3 is 0 Å². The van der Waals surface area contributed by atoms with Crippen molar-refractivity contribution in [1.82, 2.24) is 19.9 Å². The molecule has 0 radical (unpaired) electrons. The number of H-pyrrole nitrogens is 1. The van der Waals surface area contributed by atoms with E-state index in [1.165, 1.54) is 6.33 Å². The van der Waals surface area contributed by atoms with Crippen LogP contribution in [0.4, 0.5) is 5.82 Å². The maximum Gasteiger partial charge on any atom is 0.182 e. The van der Waals surface area contributed by atoms with Gasteiger partial charge in [-0.15, -0.1) is 0 Å². The molecule has 0 saturated carbocycles. The van der Waals surface area contributed by atoms with Crippen LogP contribution in [0.5, 0.6) is 0 Å². The molecule has 0 saturated heterocycles. The number of thiocarbonyl (C=S) groups is 1. The van der Waals surface area contributed by atoms with Crippen LogP contribution in [0.25, 0.3) is 11.2 Å². The van der Waals surface area contributed by atoms with Crippen molar-refractivity contribution in [2.45, 2.75) is 19.4 Å². The van der Waals surface area contributed by atoms with E-state index in [9.17, 15) is 0 Å². The van der Waals surface area contributed by atoms with Crippen molar-refractivity contribution in [3.8, 4) is 0 Å². The monoisotopic (exact) mass is 250 g/mol. The van der Waals surface area contributed by atoms with Gasteiger partial charge in [0, 0.05) is 19.5 Å². The normalized spacial score (nSPS) is 12.6. The Labute approximate surface area is 104 Å². The Bertz CT molecular complexity index is 536. The molecule has 0 aliphatic heterocycles. The van der Waals surface area contributed by atoms with Gasteiger partial charge in [0.25, 0.3) is 0 Å². The molecule has 0 aliphatic rings. The molecule has 0 bridgehead atoms. The highest BCUT2D eigenvalue weighted by molar-refractivity contribution is 7.80. The highest BCUT2D eigenvalue weighted by Crippen LogP contribution is 2.20. The van der Waals surface area contributed by atoms with Crippen molar-refractivity contribution in [3.63, 3.8) is 0 Å². The summed E-state index contributed by atoms with van der Waals surface area (Å²) in [4.78, 5) is 18.0. The van der Waals surface area contributed by atoms with Crippen LogP contribution < -0.4 is 10.6 Å². The van der Waals surface area contributed by atoms with E-state index in [0.29, 0.717) is 17.1 Å². The molecular weight excluding hydrogens is 236 g/mol. The number of hydrogen-bond donors (Lipinski definition) is 2. The van der Waals surface area contributed by atoms with Crippen molar-refractivity contribution in [1.29, 1.82) is 0 Å². The molecule has 0 spiro atoms. The maximum atomic E-state index is 5.55. The van der Waals surface area contributed by atoms with Gasteiger partial charge in [0.15, 0.2) is 11.5 Å². The van der Waals surface area contributed by atoms with Crippen molar-refractivity contribution in [3.05, 3.63) is 12.7 Å². The van der Waals surface area contributed by atoms with Crippen LogP contribution in [0.1, 0.15) is 13.3 Å². The third-order valence-electron chi connectivity index (χ3n) is 2.69. The van der Waals surface area contributed by atoms with E-state index in [0.717, 1.165) is 11.3 Å². The highest BCUT2D eigenvalue weighted by Gasteiger charge is 2.16. The largest absolute Gasteiger partial charge is 0.393 e. The van der Waals surface area contributed by atoms with Crippen LogP contribution in [0.2, 0.25) is 0 Å². The second-order valence-electron chi connectivity index (χ2n) is 3.93. The summed E-state index contributed by atoms with van der Waals surface area (Å²) >= 11 is 4.92. The van der Waals surface area contributed by atoms with E-state index < -0.39 is 0 Å². The molecule has 7 heteroatoms. The number of aromatic amines is 1. The molecule has 0 fully saturated rings. The lowest BCUT2D eigenvalue weighted by Crippen LogP contribution is -2.33. The van der Waals surface area contributed by atoms with E-state index in [4.69, 9.17) is 18.0 Å². The smallest absolute Gasteiger partial charge is 0.182 e. The number of aromatic nitrogens is 4. The Hall–Kier alpha value is -1.76. The molecule has 17 heavy (non-hydrogen) atoms. The minimum absolute atomic E-state index is 0.175. The first-order chi connectivity index (χ1) is 8.09. The lowest BCUT2D eigenvalue weighted by Gasteiger charge is -2.25. The molecule has 1 atom stereocenters. The highest BCUT2D eigenvalue weighted by atomic mass is 32.1. The molecule has 1 unspecified atom stereocenters. The second kappa shape index (κ2) is 4.62. The van der Waals surface area contributed by atoms with E-state index >= 15 is 0 Å². The number of rotatable bonds is 4.